The molecular weight excluding hydrogens is 563 g/mol. The zero-order chi connectivity index (χ0) is 23.5. The van der Waals surface area contributed by atoms with E-state index in [0.29, 0.717) is 29.9 Å². The summed E-state index contributed by atoms with van der Waals surface area (Å²) in [5.41, 5.74) is 0.843. The highest BCUT2D eigenvalue weighted by Crippen LogP contribution is 2.67. The number of nitrogens with one attached hydrogen (secondary N) is 2. The number of aliphatic hydroxyl groups excluding tert-OH is 2. The van der Waals surface area contributed by atoms with Crippen molar-refractivity contribution in [2.75, 3.05) is 19.5 Å². The van der Waals surface area contributed by atoms with Crippen LogP contribution in [0.1, 0.15) is 18.0 Å². The van der Waals surface area contributed by atoms with Gasteiger partial charge in [-0.3, -0.25) is 4.79 Å². The van der Waals surface area contributed by atoms with Gasteiger partial charge in [0.2, 0.25) is 11.2 Å². The van der Waals surface area contributed by atoms with Crippen molar-refractivity contribution >= 4 is 57.1 Å². The van der Waals surface area contributed by atoms with Gasteiger partial charge in [-0.2, -0.15) is 9.97 Å². The van der Waals surface area contributed by atoms with Gasteiger partial charge in [-0.15, -0.1) is 0 Å². The minimum Gasteiger partial charge on any atom is -0.496 e. The van der Waals surface area contributed by atoms with E-state index in [9.17, 15) is 15.0 Å². The molecule has 2 aromatic heterocycles. The maximum atomic E-state index is 12.4. The Balaban J connectivity index is 1.49. The molecule has 3 aromatic rings. The molecule has 0 unspecified atom stereocenters. The number of carbonyl (C=O) groups is 1. The molecule has 2 fully saturated rings. The first-order chi connectivity index (χ1) is 15.8. The first-order valence-electron chi connectivity index (χ1n) is 10.4. The van der Waals surface area contributed by atoms with Crippen LogP contribution in [0.5, 0.6) is 5.75 Å². The number of hydrogen-bond donors (Lipinski definition) is 4. The van der Waals surface area contributed by atoms with E-state index in [0.717, 1.165) is 14.9 Å². The van der Waals surface area contributed by atoms with Crippen molar-refractivity contribution in [3.63, 3.8) is 0 Å². The third-order valence-corrected chi connectivity index (χ3v) is 7.57. The van der Waals surface area contributed by atoms with Crippen LogP contribution in [0.2, 0.25) is 5.28 Å². The fourth-order valence-corrected chi connectivity index (χ4v) is 5.80. The Morgan fingerprint density at radius 1 is 1.39 bits per heavy atom. The van der Waals surface area contributed by atoms with Crippen molar-refractivity contribution in [2.45, 2.75) is 31.2 Å². The second-order valence-corrected chi connectivity index (χ2v) is 9.91. The van der Waals surface area contributed by atoms with Crippen molar-refractivity contribution in [1.82, 2.24) is 24.8 Å². The second kappa shape index (κ2) is 8.22. The molecule has 0 radical (unpaired) electrons. The summed E-state index contributed by atoms with van der Waals surface area (Å²) in [6.45, 7) is 0.419. The number of aromatic nitrogens is 4. The monoisotopic (exact) mass is 584 g/mol. The number of carbonyl (C=O) groups excluding carboxylic acids is 1. The quantitative estimate of drug-likeness (QED) is 0.254. The number of rotatable bonds is 6. The van der Waals surface area contributed by atoms with Gasteiger partial charge in [0.05, 0.1) is 31.0 Å². The largest absolute Gasteiger partial charge is 0.496 e. The molecule has 5 rings (SSSR count). The van der Waals surface area contributed by atoms with Gasteiger partial charge >= 0.3 is 0 Å². The van der Waals surface area contributed by atoms with Gasteiger partial charge in [-0.05, 0) is 58.8 Å². The van der Waals surface area contributed by atoms with Gasteiger partial charge in [0.1, 0.15) is 11.9 Å². The van der Waals surface area contributed by atoms with E-state index in [-0.39, 0.29) is 17.1 Å². The van der Waals surface area contributed by atoms with Gasteiger partial charge in [-0.1, -0.05) is 0 Å². The Morgan fingerprint density at radius 2 is 2.18 bits per heavy atom. The summed E-state index contributed by atoms with van der Waals surface area (Å²) in [6, 6.07) is 5.31. The summed E-state index contributed by atoms with van der Waals surface area (Å²) in [6.07, 6.45) is -0.288. The van der Waals surface area contributed by atoms with Crippen LogP contribution >= 0.6 is 34.2 Å². The van der Waals surface area contributed by atoms with E-state index in [4.69, 9.17) is 16.3 Å². The van der Waals surface area contributed by atoms with Crippen LogP contribution in [-0.2, 0) is 11.3 Å². The normalized spacial score (nSPS) is 27.9. The summed E-state index contributed by atoms with van der Waals surface area (Å²) in [7, 11) is 3.14. The lowest BCUT2D eigenvalue weighted by Crippen LogP contribution is -2.41. The van der Waals surface area contributed by atoms with Crippen molar-refractivity contribution in [2.24, 2.45) is 11.3 Å². The molecule has 2 aliphatic rings. The number of hydrogen-bond acceptors (Lipinski definition) is 8. The average Bonchev–Trinajstić information content (AvgIpc) is 3.34. The van der Waals surface area contributed by atoms with Crippen LogP contribution in [0.3, 0.4) is 0 Å². The van der Waals surface area contributed by atoms with E-state index in [1.807, 2.05) is 18.2 Å². The molecule has 12 heteroatoms. The molecule has 2 saturated carbocycles. The number of halogens is 2. The lowest BCUT2D eigenvalue weighted by molar-refractivity contribution is -0.132. The Kier molecular flexibility index (Phi) is 5.62. The van der Waals surface area contributed by atoms with E-state index >= 15 is 0 Å². The lowest BCUT2D eigenvalue weighted by Gasteiger charge is -2.23. The van der Waals surface area contributed by atoms with Crippen molar-refractivity contribution in [3.8, 4) is 5.75 Å². The highest BCUT2D eigenvalue weighted by molar-refractivity contribution is 14.1. The second-order valence-electron chi connectivity index (χ2n) is 8.33. The molecule has 0 saturated heterocycles. The molecule has 1 aromatic carbocycles. The maximum Gasteiger partial charge on any atom is 0.229 e. The van der Waals surface area contributed by atoms with Crippen LogP contribution in [0, 0.1) is 14.9 Å². The number of amides is 1. The number of benzene rings is 1. The minimum atomic E-state index is -1.17. The molecule has 174 valence electrons. The number of ether oxygens (including phenoxy) is 1. The number of nitrogens with zero attached hydrogens (tertiary/aromatic N) is 4. The number of methoxy groups -OCH3 is 1. The molecule has 2 heterocycles. The highest BCUT2D eigenvalue weighted by Gasteiger charge is 2.75. The minimum absolute atomic E-state index is 0.0164. The van der Waals surface area contributed by atoms with Crippen LogP contribution < -0.4 is 15.4 Å². The summed E-state index contributed by atoms with van der Waals surface area (Å²) >= 11 is 8.47. The fourth-order valence-electron chi connectivity index (χ4n) is 5.08. The molecular formula is C21H22ClIN6O4. The fraction of sp³-hybridized carbons (Fsp3) is 0.429. The molecule has 1 amide bonds. The number of aliphatic hydroxyl groups is 2. The molecule has 0 bridgehead atoms. The van der Waals surface area contributed by atoms with Crippen LogP contribution in [0.25, 0.3) is 11.2 Å². The smallest absolute Gasteiger partial charge is 0.229 e. The van der Waals surface area contributed by atoms with Gasteiger partial charge < -0.3 is 30.2 Å². The first-order valence-corrected chi connectivity index (χ1v) is 11.8. The predicted octanol–water partition coefficient (Wildman–Crippen LogP) is 1.73. The number of imidazole rings is 1. The maximum absolute atomic E-state index is 12.4. The summed E-state index contributed by atoms with van der Waals surface area (Å²) in [5, 5.41) is 27.3. The Morgan fingerprint density at radius 3 is 2.91 bits per heavy atom. The zero-order valence-corrected chi connectivity index (χ0v) is 20.7. The third kappa shape index (κ3) is 3.44. The topological polar surface area (TPSA) is 134 Å². The van der Waals surface area contributed by atoms with Crippen LogP contribution in [-0.4, -0.2) is 62.0 Å². The summed E-state index contributed by atoms with van der Waals surface area (Å²) in [5.74, 6) is 0.673. The van der Waals surface area contributed by atoms with E-state index in [1.165, 1.54) is 7.05 Å². The average molecular weight is 585 g/mol. The first kappa shape index (κ1) is 22.6. The molecule has 33 heavy (non-hydrogen) atoms. The van der Waals surface area contributed by atoms with Crippen LogP contribution in [0.4, 0.5) is 5.82 Å². The molecule has 2 aliphatic carbocycles. The highest BCUT2D eigenvalue weighted by atomic mass is 127. The standard InChI is InChI=1S/C21H22ClIN6O4/c1-24-19(32)21-6-11(21)14(15(30)16(21)31)29-8-26-13-17(27-20(22)28-18(13)29)25-7-9-5-10(23)3-4-12(9)33-2/h3-5,8,11,14-16,30-31H,6-7H2,1-2H3,(H,24,32)(H,25,27,28)/t11-,14-,15+,16+,21-/m1/s1. The molecule has 0 spiro atoms. The SMILES string of the molecule is CNC(=O)[C@]12C[C@@H]1[C@@H](n1cnc3c(NCc4cc(I)ccc4OC)nc(Cl)nc31)[C@H](O)[C@@H]2O. The Hall–Kier alpha value is -2.22. The van der Waals surface area contributed by atoms with Gasteiger partial charge in [0.15, 0.2) is 17.0 Å². The molecule has 5 atom stereocenters. The van der Waals surface area contributed by atoms with Gasteiger partial charge in [-0.25, -0.2) is 4.98 Å². The van der Waals surface area contributed by atoms with Crippen LogP contribution in [0.15, 0.2) is 24.5 Å². The summed E-state index contributed by atoms with van der Waals surface area (Å²) in [4.78, 5) is 25.6. The third-order valence-electron chi connectivity index (χ3n) is 6.73. The van der Waals surface area contributed by atoms with Crippen molar-refractivity contribution in [3.05, 3.63) is 38.9 Å². The van der Waals surface area contributed by atoms with Crippen molar-refractivity contribution in [1.29, 1.82) is 0 Å². The van der Waals surface area contributed by atoms with Crippen molar-refractivity contribution < 1.29 is 19.7 Å². The lowest BCUT2D eigenvalue weighted by atomic mass is 9.98. The molecule has 0 aliphatic heterocycles. The Labute approximate surface area is 207 Å². The predicted molar refractivity (Wildman–Crippen MR) is 129 cm³/mol. The molecule has 4 N–H and O–H groups in total. The molecule has 10 nitrogen and oxygen atoms in total. The van der Waals surface area contributed by atoms with E-state index < -0.39 is 23.7 Å². The Bertz CT molecular complexity index is 1250. The van der Waals surface area contributed by atoms with E-state index in [2.05, 4.69) is 48.2 Å². The van der Waals surface area contributed by atoms with Gasteiger partial charge in [0.25, 0.3) is 0 Å². The van der Waals surface area contributed by atoms with E-state index in [1.54, 1.807) is 18.0 Å². The summed E-state index contributed by atoms with van der Waals surface area (Å²) < 4.78 is 8.20. The number of anilines is 1. The number of fused-ring (bicyclic) bond motifs is 2. The zero-order valence-electron chi connectivity index (χ0n) is 17.8. The van der Waals surface area contributed by atoms with Gasteiger partial charge in [0, 0.05) is 28.6 Å².